The van der Waals surface area contributed by atoms with Crippen molar-refractivity contribution in [2.75, 3.05) is 6.61 Å². The molecule has 4 atom stereocenters. The molecule has 1 N–H and O–H groups in total. The first-order valence-corrected chi connectivity index (χ1v) is 7.76. The van der Waals surface area contributed by atoms with Gasteiger partial charge in [-0.3, -0.25) is 0 Å². The van der Waals surface area contributed by atoms with Crippen molar-refractivity contribution in [2.45, 2.75) is 51.6 Å². The second kappa shape index (κ2) is 5.24. The van der Waals surface area contributed by atoms with Gasteiger partial charge in [0.1, 0.15) is 0 Å². The zero-order chi connectivity index (χ0) is 16.1. The van der Waals surface area contributed by atoms with Crippen molar-refractivity contribution in [1.82, 2.24) is 5.32 Å². The van der Waals surface area contributed by atoms with Crippen LogP contribution in [0.25, 0.3) is 0 Å². The van der Waals surface area contributed by atoms with Gasteiger partial charge in [-0.25, -0.2) is 0 Å². The Morgan fingerprint density at radius 3 is 2.45 bits per heavy atom. The fourth-order valence-corrected chi connectivity index (χ4v) is 3.99. The molecule has 1 aromatic rings. The van der Waals surface area contributed by atoms with Crippen molar-refractivity contribution >= 4 is 0 Å². The highest BCUT2D eigenvalue weighted by Gasteiger charge is 2.59. The van der Waals surface area contributed by atoms with Crippen LogP contribution in [0.1, 0.15) is 44.4 Å². The highest BCUT2D eigenvalue weighted by Crippen LogP contribution is 2.52. The molecule has 5 heteroatoms. The smallest absolute Gasteiger partial charge is 0.377 e. The van der Waals surface area contributed by atoms with Crippen LogP contribution in [0, 0.1) is 11.3 Å². The number of halogens is 3. The Labute approximate surface area is 129 Å². The molecule has 2 aliphatic rings. The lowest BCUT2D eigenvalue weighted by atomic mass is 9.57. The molecular weight excluding hydrogens is 291 g/mol. The highest BCUT2D eigenvalue weighted by molar-refractivity contribution is 5.27. The van der Waals surface area contributed by atoms with E-state index in [1.165, 1.54) is 0 Å². The Kier molecular flexibility index (Phi) is 3.76. The lowest BCUT2D eigenvalue weighted by Crippen LogP contribution is -2.66. The molecule has 122 valence electrons. The van der Waals surface area contributed by atoms with Gasteiger partial charge in [-0.2, -0.15) is 13.2 Å². The van der Waals surface area contributed by atoms with Gasteiger partial charge in [0.2, 0.25) is 0 Å². The van der Waals surface area contributed by atoms with Crippen molar-refractivity contribution in [2.24, 2.45) is 11.3 Å². The minimum atomic E-state index is -4.28. The summed E-state index contributed by atoms with van der Waals surface area (Å²) in [5, 5.41) is 3.59. The largest absolute Gasteiger partial charge is 0.416 e. The predicted molar refractivity (Wildman–Crippen MR) is 78.4 cm³/mol. The summed E-state index contributed by atoms with van der Waals surface area (Å²) < 4.78 is 43.6. The number of nitrogens with one attached hydrogen (secondary N) is 1. The number of hydrogen-bond acceptors (Lipinski definition) is 2. The third-order valence-electron chi connectivity index (χ3n) is 5.27. The number of ether oxygens (including phenoxy) is 1. The van der Waals surface area contributed by atoms with Crippen molar-refractivity contribution in [3.63, 3.8) is 0 Å². The van der Waals surface area contributed by atoms with E-state index in [0.29, 0.717) is 18.1 Å². The molecular formula is C17H22F3NO. The fraction of sp³-hybridized carbons (Fsp3) is 0.647. The molecule has 0 unspecified atom stereocenters. The standard InChI is InChI=1S/C17H22F3NO/c1-10(11-4-6-12(7-5-11)17(18,19)20)21-14-13-8-9-22-15(13)16(14,2)3/h4-7,10,13-15,21H,8-9H2,1-3H3/t10-,13-,14+,15-/m0/s1. The summed E-state index contributed by atoms with van der Waals surface area (Å²) in [5.41, 5.74) is 0.351. The SMILES string of the molecule is C[C@H](N[C@@H]1[C@@H]2CCO[C@@H]2C1(C)C)c1ccc(C(F)(F)F)cc1. The topological polar surface area (TPSA) is 21.3 Å². The molecule has 0 spiro atoms. The number of hydrogen-bond donors (Lipinski definition) is 1. The van der Waals surface area contributed by atoms with Gasteiger partial charge >= 0.3 is 6.18 Å². The lowest BCUT2D eigenvalue weighted by molar-refractivity contribution is -0.137. The van der Waals surface area contributed by atoms with Crippen LogP contribution in [-0.4, -0.2) is 18.8 Å². The van der Waals surface area contributed by atoms with Crippen LogP contribution in [0.15, 0.2) is 24.3 Å². The van der Waals surface area contributed by atoms with E-state index in [1.54, 1.807) is 12.1 Å². The monoisotopic (exact) mass is 313 g/mol. The molecule has 2 nitrogen and oxygen atoms in total. The molecule has 3 rings (SSSR count). The van der Waals surface area contributed by atoms with Crippen LogP contribution in [0.4, 0.5) is 13.2 Å². The van der Waals surface area contributed by atoms with E-state index in [9.17, 15) is 13.2 Å². The Bertz CT molecular complexity index is 538. The van der Waals surface area contributed by atoms with E-state index in [2.05, 4.69) is 19.2 Å². The molecule has 0 bridgehead atoms. The predicted octanol–water partition coefficient (Wildman–Crippen LogP) is 4.17. The van der Waals surface area contributed by atoms with Gasteiger partial charge in [0.15, 0.2) is 0 Å². The molecule has 1 aliphatic heterocycles. The molecule has 1 heterocycles. The number of alkyl halides is 3. The van der Waals surface area contributed by atoms with Gasteiger partial charge in [-0.05, 0) is 31.0 Å². The zero-order valence-electron chi connectivity index (χ0n) is 13.1. The second-order valence-corrected chi connectivity index (χ2v) is 7.05. The lowest BCUT2D eigenvalue weighted by Gasteiger charge is -2.55. The normalized spacial score (nSPS) is 31.5. The maximum atomic E-state index is 12.6. The van der Waals surface area contributed by atoms with Crippen LogP contribution in [0.2, 0.25) is 0 Å². The number of fused-ring (bicyclic) bond motifs is 1. The van der Waals surface area contributed by atoms with E-state index in [1.807, 2.05) is 6.92 Å². The Morgan fingerprint density at radius 1 is 1.23 bits per heavy atom. The summed E-state index contributed by atoms with van der Waals surface area (Å²) in [6.45, 7) is 7.20. The average Bonchev–Trinajstić information content (AvgIpc) is 2.90. The highest BCUT2D eigenvalue weighted by atomic mass is 19.4. The van der Waals surface area contributed by atoms with E-state index >= 15 is 0 Å². The number of benzene rings is 1. The van der Waals surface area contributed by atoms with E-state index in [0.717, 1.165) is 30.7 Å². The summed E-state index contributed by atoms with van der Waals surface area (Å²) in [7, 11) is 0. The summed E-state index contributed by atoms with van der Waals surface area (Å²) in [5.74, 6) is 0.520. The van der Waals surface area contributed by atoms with Gasteiger partial charge in [0.05, 0.1) is 11.7 Å². The van der Waals surface area contributed by atoms with E-state index in [-0.39, 0.29) is 11.5 Å². The van der Waals surface area contributed by atoms with Gasteiger partial charge in [0, 0.05) is 30.0 Å². The molecule has 2 fully saturated rings. The Morgan fingerprint density at radius 2 is 1.86 bits per heavy atom. The number of rotatable bonds is 3. The van der Waals surface area contributed by atoms with Crippen LogP contribution in [0.3, 0.4) is 0 Å². The minimum Gasteiger partial charge on any atom is -0.377 e. The molecule has 0 amide bonds. The molecule has 1 saturated heterocycles. The first-order chi connectivity index (χ1) is 10.2. The van der Waals surface area contributed by atoms with E-state index < -0.39 is 11.7 Å². The third-order valence-corrected chi connectivity index (χ3v) is 5.27. The molecule has 0 radical (unpaired) electrons. The quantitative estimate of drug-likeness (QED) is 0.904. The molecule has 1 saturated carbocycles. The summed E-state index contributed by atoms with van der Waals surface area (Å²) in [6, 6.07) is 5.80. The van der Waals surface area contributed by atoms with Crippen LogP contribution < -0.4 is 5.32 Å². The van der Waals surface area contributed by atoms with Gasteiger partial charge in [-0.1, -0.05) is 26.0 Å². The first-order valence-electron chi connectivity index (χ1n) is 7.76. The molecule has 1 aromatic carbocycles. The Hall–Kier alpha value is -1.07. The summed E-state index contributed by atoms with van der Waals surface area (Å²) in [4.78, 5) is 0. The van der Waals surface area contributed by atoms with Crippen molar-refractivity contribution in [3.05, 3.63) is 35.4 Å². The van der Waals surface area contributed by atoms with Gasteiger partial charge in [0.25, 0.3) is 0 Å². The van der Waals surface area contributed by atoms with Crippen molar-refractivity contribution in [1.29, 1.82) is 0 Å². The van der Waals surface area contributed by atoms with Crippen LogP contribution in [0.5, 0.6) is 0 Å². The summed E-state index contributed by atoms with van der Waals surface area (Å²) in [6.07, 6.45) is -2.91. The minimum absolute atomic E-state index is 0.0214. The maximum absolute atomic E-state index is 12.6. The summed E-state index contributed by atoms with van der Waals surface area (Å²) >= 11 is 0. The van der Waals surface area contributed by atoms with Crippen LogP contribution in [-0.2, 0) is 10.9 Å². The molecule has 22 heavy (non-hydrogen) atoms. The zero-order valence-corrected chi connectivity index (χ0v) is 13.1. The Balaban J connectivity index is 1.68. The average molecular weight is 313 g/mol. The molecule has 0 aromatic heterocycles. The van der Waals surface area contributed by atoms with Crippen molar-refractivity contribution < 1.29 is 17.9 Å². The van der Waals surface area contributed by atoms with Crippen LogP contribution >= 0.6 is 0 Å². The first kappa shape index (κ1) is 15.8. The second-order valence-electron chi connectivity index (χ2n) is 7.05. The fourth-order valence-electron chi connectivity index (χ4n) is 3.99. The van der Waals surface area contributed by atoms with E-state index in [4.69, 9.17) is 4.74 Å². The third kappa shape index (κ3) is 2.54. The van der Waals surface area contributed by atoms with Gasteiger partial charge in [-0.15, -0.1) is 0 Å². The maximum Gasteiger partial charge on any atom is 0.416 e. The molecule has 1 aliphatic carbocycles. The van der Waals surface area contributed by atoms with Gasteiger partial charge < -0.3 is 10.1 Å². The van der Waals surface area contributed by atoms with Crippen molar-refractivity contribution in [3.8, 4) is 0 Å².